The first-order valence-corrected chi connectivity index (χ1v) is 13.2. The molecule has 4 aliphatic rings. The lowest BCUT2D eigenvalue weighted by atomic mass is 9.70. The molecule has 0 bridgehead atoms. The van der Waals surface area contributed by atoms with Crippen LogP contribution in [0.2, 0.25) is 0 Å². The third kappa shape index (κ3) is 3.54. The molecule has 2 aromatic rings. The Balaban J connectivity index is 1.41. The molecule has 1 saturated heterocycles. The van der Waals surface area contributed by atoms with Gasteiger partial charge in [-0.15, -0.1) is 0 Å². The van der Waals surface area contributed by atoms with Crippen molar-refractivity contribution < 1.29 is 38.9 Å². The van der Waals surface area contributed by atoms with Crippen molar-refractivity contribution in [2.75, 3.05) is 17.2 Å². The van der Waals surface area contributed by atoms with Gasteiger partial charge in [-0.1, -0.05) is 0 Å². The Labute approximate surface area is 234 Å². The van der Waals surface area contributed by atoms with Crippen LogP contribution >= 0.6 is 0 Å². The van der Waals surface area contributed by atoms with Gasteiger partial charge in [-0.05, 0) is 58.7 Å². The second kappa shape index (κ2) is 8.79. The summed E-state index contributed by atoms with van der Waals surface area (Å²) in [5.41, 5.74) is -0.749. The number of nitrogens with zero attached hydrogens (tertiary/aromatic N) is 1. The fourth-order valence-electron chi connectivity index (χ4n) is 6.20. The van der Waals surface area contributed by atoms with Gasteiger partial charge in [0.25, 0.3) is 5.91 Å². The van der Waals surface area contributed by atoms with Crippen LogP contribution in [0.4, 0.5) is 11.4 Å². The van der Waals surface area contributed by atoms with E-state index < -0.39 is 40.3 Å². The molecule has 41 heavy (non-hydrogen) atoms. The molecule has 0 spiro atoms. The first-order valence-electron chi connectivity index (χ1n) is 13.2. The molecule has 210 valence electrons. The Morgan fingerprint density at radius 2 is 1.88 bits per heavy atom. The summed E-state index contributed by atoms with van der Waals surface area (Å²) in [7, 11) is 0. The molecule has 0 aromatic heterocycles. The Hall–Kier alpha value is -4.93. The van der Waals surface area contributed by atoms with Crippen LogP contribution in [0.5, 0.6) is 17.2 Å². The number of aromatic hydroxyl groups is 2. The van der Waals surface area contributed by atoms with Crippen LogP contribution in [0.15, 0.2) is 41.3 Å². The number of benzene rings is 2. The second-order valence-electron chi connectivity index (χ2n) is 10.9. The van der Waals surface area contributed by atoms with Gasteiger partial charge in [0.1, 0.15) is 40.0 Å². The summed E-state index contributed by atoms with van der Waals surface area (Å²) >= 11 is 0. The third-order valence-electron chi connectivity index (χ3n) is 8.42. The van der Waals surface area contributed by atoms with E-state index in [0.29, 0.717) is 24.3 Å². The smallest absolute Gasteiger partial charge is 0.256 e. The number of ketones is 3. The molecule has 3 heterocycles. The Kier molecular flexibility index (Phi) is 5.64. The Morgan fingerprint density at radius 3 is 2.59 bits per heavy atom. The number of fused-ring (bicyclic) bond motifs is 5. The largest absolute Gasteiger partial charge is 0.507 e. The molecule has 1 aliphatic carbocycles. The lowest BCUT2D eigenvalue weighted by Crippen LogP contribution is -2.40. The molecule has 11 nitrogen and oxygen atoms in total. The maximum atomic E-state index is 14.0. The van der Waals surface area contributed by atoms with Crippen molar-refractivity contribution in [3.8, 4) is 17.2 Å². The van der Waals surface area contributed by atoms with Gasteiger partial charge in [-0.3, -0.25) is 24.0 Å². The summed E-state index contributed by atoms with van der Waals surface area (Å²) in [6.07, 6.45) is 2.47. The Morgan fingerprint density at radius 1 is 1.15 bits per heavy atom. The van der Waals surface area contributed by atoms with Crippen LogP contribution in [0, 0.1) is 6.92 Å². The predicted molar refractivity (Wildman–Crippen MR) is 146 cm³/mol. The normalized spacial score (nSPS) is 24.0. The van der Waals surface area contributed by atoms with Gasteiger partial charge in [0.05, 0.1) is 22.4 Å². The van der Waals surface area contributed by atoms with Crippen molar-refractivity contribution in [2.24, 2.45) is 0 Å². The number of ether oxygens (including phenoxy) is 1. The zero-order chi connectivity index (χ0) is 29.5. The number of amides is 2. The molecule has 2 atom stereocenters. The van der Waals surface area contributed by atoms with Crippen molar-refractivity contribution in [3.05, 3.63) is 63.6 Å². The highest BCUT2D eigenvalue weighted by Crippen LogP contribution is 2.57. The number of hydrogen-bond donors (Lipinski definition) is 4. The van der Waals surface area contributed by atoms with Gasteiger partial charge >= 0.3 is 0 Å². The number of nitrogens with one attached hydrogen (secondary N) is 2. The highest BCUT2D eigenvalue weighted by molar-refractivity contribution is 6.31. The molecule has 2 aromatic carbocycles. The predicted octanol–water partition coefficient (Wildman–Crippen LogP) is 3.24. The molecule has 4 N–H and O–H groups in total. The summed E-state index contributed by atoms with van der Waals surface area (Å²) in [5.74, 6) is -3.46. The number of hydrogen-bond acceptors (Lipinski definition) is 9. The summed E-state index contributed by atoms with van der Waals surface area (Å²) < 4.78 is 5.80. The minimum atomic E-state index is -1.65. The van der Waals surface area contributed by atoms with E-state index in [9.17, 15) is 34.2 Å². The standard InChI is InChI=1S/C30H27N3O8/c1-12-24(36)22(14(3)34)26-23(25(12)37)30(4)20(41-26)11-19(35)21(27(30)38)13(2)31-15-7-8-17-16(10-15)29(40)33-9-5-6-18(33)28(39)32-17/h7-8,10-11,18,31,36-37H,5-6,9H2,1-4H3,(H,32,39)/b21-13+. The van der Waals surface area contributed by atoms with E-state index in [1.807, 2.05) is 0 Å². The number of rotatable bonds is 3. The maximum absolute atomic E-state index is 14.0. The number of anilines is 2. The fraction of sp³-hybridized carbons (Fsp3) is 0.300. The van der Waals surface area contributed by atoms with E-state index >= 15 is 0 Å². The van der Waals surface area contributed by atoms with Crippen LogP contribution in [0.1, 0.15) is 65.5 Å². The van der Waals surface area contributed by atoms with Crippen molar-refractivity contribution in [1.82, 2.24) is 4.90 Å². The average molecular weight is 558 g/mol. The highest BCUT2D eigenvalue weighted by atomic mass is 16.5. The molecule has 11 heteroatoms. The van der Waals surface area contributed by atoms with Gasteiger partial charge in [-0.2, -0.15) is 0 Å². The first-order chi connectivity index (χ1) is 19.4. The summed E-state index contributed by atoms with van der Waals surface area (Å²) in [6, 6.07) is 4.26. The number of allylic oxidation sites excluding steroid dienone is 4. The number of phenolic OH excluding ortho intramolecular Hbond substituents is 2. The van der Waals surface area contributed by atoms with E-state index in [1.54, 1.807) is 30.0 Å². The number of carbonyl (C=O) groups excluding carboxylic acids is 5. The van der Waals surface area contributed by atoms with Crippen LogP contribution in [0.3, 0.4) is 0 Å². The van der Waals surface area contributed by atoms with Crippen molar-refractivity contribution >= 4 is 40.5 Å². The average Bonchev–Trinajstić information content (AvgIpc) is 3.49. The van der Waals surface area contributed by atoms with E-state index in [4.69, 9.17) is 4.74 Å². The SMILES string of the molecule is CC(=O)c1c(O)c(C)c(O)c2c1OC1=CC(=O)/C(=C(/C)Nc3ccc4c(c3)C(=O)N3CCCC3C(=O)N4)C(=O)C12C. The minimum absolute atomic E-state index is 0.00131. The van der Waals surface area contributed by atoms with Crippen molar-refractivity contribution in [1.29, 1.82) is 0 Å². The topological polar surface area (TPSA) is 162 Å². The molecule has 2 amide bonds. The minimum Gasteiger partial charge on any atom is -0.507 e. The molecular weight excluding hydrogens is 530 g/mol. The highest BCUT2D eigenvalue weighted by Gasteiger charge is 2.56. The zero-order valence-electron chi connectivity index (χ0n) is 22.8. The van der Waals surface area contributed by atoms with Crippen LogP contribution in [-0.2, 0) is 19.8 Å². The maximum Gasteiger partial charge on any atom is 0.256 e. The summed E-state index contributed by atoms with van der Waals surface area (Å²) in [4.78, 5) is 67.1. The summed E-state index contributed by atoms with van der Waals surface area (Å²) in [6.45, 7) is 6.14. The summed E-state index contributed by atoms with van der Waals surface area (Å²) in [5, 5.41) is 27.4. The van der Waals surface area contributed by atoms with E-state index in [2.05, 4.69) is 10.6 Å². The fourth-order valence-corrected chi connectivity index (χ4v) is 6.20. The number of Topliss-reactive ketones (excluding diaryl/α,β-unsaturated/α-hetero) is 2. The van der Waals surface area contributed by atoms with Gasteiger partial charge in [-0.25, -0.2) is 0 Å². The van der Waals surface area contributed by atoms with E-state index in [1.165, 1.54) is 20.8 Å². The molecule has 1 fully saturated rings. The van der Waals surface area contributed by atoms with Gasteiger partial charge in [0, 0.05) is 29.6 Å². The van der Waals surface area contributed by atoms with Crippen LogP contribution < -0.4 is 15.4 Å². The van der Waals surface area contributed by atoms with Gasteiger partial charge < -0.3 is 30.5 Å². The van der Waals surface area contributed by atoms with Gasteiger partial charge in [0.2, 0.25) is 5.91 Å². The van der Waals surface area contributed by atoms with Crippen molar-refractivity contribution in [3.63, 3.8) is 0 Å². The Bertz CT molecular complexity index is 1720. The number of phenols is 2. The zero-order valence-corrected chi connectivity index (χ0v) is 22.8. The molecule has 0 radical (unpaired) electrons. The first kappa shape index (κ1) is 26.3. The molecule has 3 aliphatic heterocycles. The lowest BCUT2D eigenvalue weighted by Gasteiger charge is -2.29. The lowest BCUT2D eigenvalue weighted by molar-refractivity contribution is -0.123. The molecule has 2 unspecified atom stereocenters. The van der Waals surface area contributed by atoms with E-state index in [0.717, 1.165) is 12.5 Å². The van der Waals surface area contributed by atoms with Gasteiger partial charge in [0.15, 0.2) is 17.3 Å². The molecule has 6 rings (SSSR count). The second-order valence-corrected chi connectivity index (χ2v) is 10.9. The molecular formula is C30H27N3O8. The third-order valence-corrected chi connectivity index (χ3v) is 8.42. The van der Waals surface area contributed by atoms with Crippen molar-refractivity contribution in [2.45, 2.75) is 52.0 Å². The van der Waals surface area contributed by atoms with Crippen LogP contribution in [-0.4, -0.2) is 56.9 Å². The number of carbonyl (C=O) groups is 5. The van der Waals surface area contributed by atoms with E-state index in [-0.39, 0.29) is 56.8 Å². The molecule has 0 saturated carbocycles. The quantitative estimate of drug-likeness (QED) is 0.252. The van der Waals surface area contributed by atoms with Crippen LogP contribution in [0.25, 0.3) is 0 Å². The monoisotopic (exact) mass is 557 g/mol.